The van der Waals surface area contributed by atoms with Crippen LogP contribution in [0, 0.1) is 0 Å². The lowest BCUT2D eigenvalue weighted by molar-refractivity contribution is 0.748. The second kappa shape index (κ2) is 5.96. The highest BCUT2D eigenvalue weighted by atomic mass is 15.3. The van der Waals surface area contributed by atoms with E-state index in [1.807, 2.05) is 42.4 Å². The van der Waals surface area contributed by atoms with Crippen LogP contribution in [-0.4, -0.2) is 23.1 Å². The minimum Gasteiger partial charge on any atom is -0.323 e. The largest absolute Gasteiger partial charge is 0.323 e. The standard InChI is InChI=1S/C20H20N4/c1-15-14-16-8-6-7-11-18(16)24(15)19-12-13-21-20(22-19)23(2)17-9-4-3-5-10-17/h3-13,15H,14H2,1-2H3. The minimum absolute atomic E-state index is 0.396. The molecule has 0 spiro atoms. The predicted octanol–water partition coefficient (Wildman–Crippen LogP) is 4.33. The lowest BCUT2D eigenvalue weighted by Gasteiger charge is -2.25. The molecule has 1 aromatic heterocycles. The first-order chi connectivity index (χ1) is 11.7. The van der Waals surface area contributed by atoms with Gasteiger partial charge in [0.2, 0.25) is 5.95 Å². The number of anilines is 4. The van der Waals surface area contributed by atoms with Gasteiger partial charge < -0.3 is 9.80 Å². The average molecular weight is 316 g/mol. The van der Waals surface area contributed by atoms with E-state index in [9.17, 15) is 0 Å². The van der Waals surface area contributed by atoms with E-state index < -0.39 is 0 Å². The molecule has 3 aromatic rings. The quantitative estimate of drug-likeness (QED) is 0.720. The molecule has 0 N–H and O–H groups in total. The Balaban J connectivity index is 1.71. The summed E-state index contributed by atoms with van der Waals surface area (Å²) in [6.45, 7) is 2.24. The van der Waals surface area contributed by atoms with Gasteiger partial charge in [-0.1, -0.05) is 36.4 Å². The van der Waals surface area contributed by atoms with Crippen molar-refractivity contribution < 1.29 is 0 Å². The van der Waals surface area contributed by atoms with Crippen LogP contribution in [0.1, 0.15) is 12.5 Å². The number of fused-ring (bicyclic) bond motifs is 1. The Bertz CT molecular complexity index is 847. The number of para-hydroxylation sites is 2. The van der Waals surface area contributed by atoms with E-state index in [4.69, 9.17) is 4.98 Å². The molecule has 1 unspecified atom stereocenters. The third kappa shape index (κ3) is 2.50. The van der Waals surface area contributed by atoms with Crippen LogP contribution in [-0.2, 0) is 6.42 Å². The molecule has 2 aromatic carbocycles. The third-order valence-electron chi connectivity index (χ3n) is 4.53. The number of rotatable bonds is 3. The van der Waals surface area contributed by atoms with Crippen molar-refractivity contribution in [1.82, 2.24) is 9.97 Å². The Morgan fingerprint density at radius 1 is 1.00 bits per heavy atom. The summed E-state index contributed by atoms with van der Waals surface area (Å²) in [5, 5.41) is 0. The molecule has 4 rings (SSSR count). The predicted molar refractivity (Wildman–Crippen MR) is 98.3 cm³/mol. The van der Waals surface area contributed by atoms with Crippen molar-refractivity contribution in [3.63, 3.8) is 0 Å². The van der Waals surface area contributed by atoms with E-state index >= 15 is 0 Å². The van der Waals surface area contributed by atoms with Gasteiger partial charge in [0, 0.05) is 30.7 Å². The topological polar surface area (TPSA) is 32.3 Å². The molecule has 1 aliphatic rings. The molecular weight excluding hydrogens is 296 g/mol. The van der Waals surface area contributed by atoms with Crippen molar-refractivity contribution in [3.8, 4) is 0 Å². The van der Waals surface area contributed by atoms with E-state index in [0.717, 1.165) is 17.9 Å². The fourth-order valence-corrected chi connectivity index (χ4v) is 3.32. The Morgan fingerprint density at radius 3 is 2.58 bits per heavy atom. The SMILES string of the molecule is CC1Cc2ccccc2N1c1ccnc(N(C)c2ccccc2)n1. The monoisotopic (exact) mass is 316 g/mol. The van der Waals surface area contributed by atoms with Crippen LogP contribution >= 0.6 is 0 Å². The van der Waals surface area contributed by atoms with E-state index in [1.165, 1.54) is 11.3 Å². The van der Waals surface area contributed by atoms with Crippen molar-refractivity contribution in [1.29, 1.82) is 0 Å². The maximum Gasteiger partial charge on any atom is 0.231 e. The summed E-state index contributed by atoms with van der Waals surface area (Å²) >= 11 is 0. The van der Waals surface area contributed by atoms with Crippen LogP contribution in [0.15, 0.2) is 66.9 Å². The summed E-state index contributed by atoms with van der Waals surface area (Å²) in [6, 6.07) is 21.1. The molecule has 0 radical (unpaired) electrons. The van der Waals surface area contributed by atoms with Gasteiger partial charge in [0.25, 0.3) is 0 Å². The van der Waals surface area contributed by atoms with E-state index in [-0.39, 0.29) is 0 Å². The summed E-state index contributed by atoms with van der Waals surface area (Å²) in [7, 11) is 2.00. The van der Waals surface area contributed by atoms with Crippen LogP contribution in [0.25, 0.3) is 0 Å². The number of aromatic nitrogens is 2. The zero-order valence-corrected chi connectivity index (χ0v) is 13.9. The Kier molecular flexibility index (Phi) is 3.65. The number of hydrogen-bond donors (Lipinski definition) is 0. The number of benzene rings is 2. The second-order valence-electron chi connectivity index (χ2n) is 6.16. The molecule has 24 heavy (non-hydrogen) atoms. The van der Waals surface area contributed by atoms with Gasteiger partial charge in [-0.25, -0.2) is 4.98 Å². The first-order valence-corrected chi connectivity index (χ1v) is 8.23. The fourth-order valence-electron chi connectivity index (χ4n) is 3.32. The van der Waals surface area contributed by atoms with Crippen LogP contribution in [0.3, 0.4) is 0 Å². The Labute approximate surface area is 142 Å². The maximum atomic E-state index is 4.82. The molecule has 0 fully saturated rings. The van der Waals surface area contributed by atoms with Gasteiger partial charge in [0.15, 0.2) is 0 Å². The molecular formula is C20H20N4. The van der Waals surface area contributed by atoms with Crippen LogP contribution in [0.2, 0.25) is 0 Å². The molecule has 4 heteroatoms. The van der Waals surface area contributed by atoms with Crippen molar-refractivity contribution in [2.75, 3.05) is 16.8 Å². The molecule has 120 valence electrons. The van der Waals surface area contributed by atoms with E-state index in [1.54, 1.807) is 0 Å². The normalized spacial score (nSPS) is 16.1. The van der Waals surface area contributed by atoms with E-state index in [2.05, 4.69) is 53.2 Å². The van der Waals surface area contributed by atoms with Gasteiger partial charge in [-0.15, -0.1) is 0 Å². The molecule has 0 amide bonds. The van der Waals surface area contributed by atoms with Crippen molar-refractivity contribution >= 4 is 23.1 Å². The van der Waals surface area contributed by atoms with Gasteiger partial charge >= 0.3 is 0 Å². The zero-order valence-electron chi connectivity index (χ0n) is 13.9. The molecule has 4 nitrogen and oxygen atoms in total. The van der Waals surface area contributed by atoms with E-state index in [0.29, 0.717) is 12.0 Å². The van der Waals surface area contributed by atoms with Crippen LogP contribution < -0.4 is 9.80 Å². The Morgan fingerprint density at radius 2 is 1.75 bits per heavy atom. The second-order valence-corrected chi connectivity index (χ2v) is 6.16. The third-order valence-corrected chi connectivity index (χ3v) is 4.53. The van der Waals surface area contributed by atoms with Crippen LogP contribution in [0.5, 0.6) is 0 Å². The Hall–Kier alpha value is -2.88. The first-order valence-electron chi connectivity index (χ1n) is 8.23. The molecule has 1 atom stereocenters. The highest BCUT2D eigenvalue weighted by Gasteiger charge is 2.28. The van der Waals surface area contributed by atoms with Crippen LogP contribution in [0.4, 0.5) is 23.1 Å². The molecule has 1 aliphatic heterocycles. The molecule has 0 saturated carbocycles. The fraction of sp³-hybridized carbons (Fsp3) is 0.200. The number of hydrogen-bond acceptors (Lipinski definition) is 4. The highest BCUT2D eigenvalue weighted by Crippen LogP contribution is 2.37. The van der Waals surface area contributed by atoms with Crippen molar-refractivity contribution in [3.05, 3.63) is 72.4 Å². The van der Waals surface area contributed by atoms with Gasteiger partial charge in [-0.2, -0.15) is 4.98 Å². The summed E-state index contributed by atoms with van der Waals surface area (Å²) in [6.07, 6.45) is 2.88. The zero-order chi connectivity index (χ0) is 16.5. The minimum atomic E-state index is 0.396. The highest BCUT2D eigenvalue weighted by molar-refractivity contribution is 5.69. The molecule has 0 saturated heterocycles. The van der Waals surface area contributed by atoms with Crippen molar-refractivity contribution in [2.45, 2.75) is 19.4 Å². The summed E-state index contributed by atoms with van der Waals surface area (Å²) in [5.74, 6) is 1.65. The summed E-state index contributed by atoms with van der Waals surface area (Å²) in [5.41, 5.74) is 3.70. The van der Waals surface area contributed by atoms with Crippen molar-refractivity contribution in [2.24, 2.45) is 0 Å². The average Bonchev–Trinajstić information content (AvgIpc) is 2.97. The summed E-state index contributed by atoms with van der Waals surface area (Å²) < 4.78 is 0. The van der Waals surface area contributed by atoms with Gasteiger partial charge in [-0.3, -0.25) is 0 Å². The lowest BCUT2D eigenvalue weighted by Crippen LogP contribution is -2.25. The summed E-state index contributed by atoms with van der Waals surface area (Å²) in [4.78, 5) is 13.6. The molecule has 0 aliphatic carbocycles. The first kappa shape index (κ1) is 14.7. The smallest absolute Gasteiger partial charge is 0.231 e. The van der Waals surface area contributed by atoms with Gasteiger partial charge in [0.05, 0.1) is 0 Å². The van der Waals surface area contributed by atoms with Gasteiger partial charge in [0.1, 0.15) is 5.82 Å². The number of nitrogens with zero attached hydrogens (tertiary/aromatic N) is 4. The molecule has 2 heterocycles. The van der Waals surface area contributed by atoms with Gasteiger partial charge in [-0.05, 0) is 43.2 Å². The lowest BCUT2D eigenvalue weighted by atomic mass is 10.1. The molecule has 0 bridgehead atoms. The maximum absolute atomic E-state index is 4.82.